The van der Waals surface area contributed by atoms with Gasteiger partial charge >= 0.3 is 6.03 Å². The van der Waals surface area contributed by atoms with Crippen LogP contribution in [0.3, 0.4) is 0 Å². The molecule has 2 aromatic rings. The molecule has 0 aromatic heterocycles. The summed E-state index contributed by atoms with van der Waals surface area (Å²) in [6.07, 6.45) is 0.709. The molecule has 1 aliphatic heterocycles. The maximum absolute atomic E-state index is 13.9. The molecule has 0 bridgehead atoms. The normalized spacial score (nSPS) is 16.2. The predicted molar refractivity (Wildman–Crippen MR) is 95.9 cm³/mol. The molecule has 3 rings (SSSR count). The zero-order valence-electron chi connectivity index (χ0n) is 13.6. The fraction of sp³-hybridized carbons (Fsp3) is 0.278. The maximum atomic E-state index is 13.9. The van der Waals surface area contributed by atoms with Crippen molar-refractivity contribution in [3.8, 4) is 0 Å². The van der Waals surface area contributed by atoms with Crippen LogP contribution in [0.25, 0.3) is 0 Å². The van der Waals surface area contributed by atoms with Gasteiger partial charge in [0.2, 0.25) is 0 Å². The highest BCUT2D eigenvalue weighted by atomic mass is 35.5. The quantitative estimate of drug-likeness (QED) is 0.810. The van der Waals surface area contributed by atoms with Gasteiger partial charge in [0.1, 0.15) is 11.6 Å². The summed E-state index contributed by atoms with van der Waals surface area (Å²) in [6.45, 7) is 0.0504. The molecule has 2 amide bonds. The van der Waals surface area contributed by atoms with Crippen LogP contribution >= 0.6 is 23.4 Å². The molecule has 1 unspecified atom stereocenters. The Labute approximate surface area is 154 Å². The number of urea groups is 1. The number of nitrogens with zero attached hydrogens (tertiary/aromatic N) is 1. The van der Waals surface area contributed by atoms with Crippen molar-refractivity contribution in [3.05, 3.63) is 64.2 Å². The van der Waals surface area contributed by atoms with Crippen molar-refractivity contribution in [2.24, 2.45) is 0 Å². The van der Waals surface area contributed by atoms with Crippen molar-refractivity contribution < 1.29 is 13.6 Å². The van der Waals surface area contributed by atoms with Gasteiger partial charge in [-0.05, 0) is 42.3 Å². The van der Waals surface area contributed by atoms with E-state index < -0.39 is 5.82 Å². The number of fused-ring (bicyclic) bond motifs is 1. The average molecular weight is 383 g/mol. The van der Waals surface area contributed by atoms with Crippen molar-refractivity contribution >= 4 is 29.4 Å². The third kappa shape index (κ3) is 4.07. The number of carbonyl (C=O) groups is 1. The molecular formula is C18H17ClF2N2OS. The van der Waals surface area contributed by atoms with Crippen LogP contribution in [0, 0.1) is 11.6 Å². The third-order valence-corrected chi connectivity index (χ3v) is 5.59. The standard InChI is InChI=1S/C18H17ClF2N2OS/c1-23(10-13-14(19)3-2-4-15(13)21)18(24)22-16-7-8-25-17-6-5-11(20)9-12(16)17/h2-6,9,16H,7-8,10H2,1H3,(H,22,24). The van der Waals surface area contributed by atoms with Gasteiger partial charge in [-0.25, -0.2) is 13.6 Å². The highest BCUT2D eigenvalue weighted by Crippen LogP contribution is 2.36. The van der Waals surface area contributed by atoms with E-state index >= 15 is 0 Å². The van der Waals surface area contributed by atoms with E-state index in [9.17, 15) is 13.6 Å². The summed E-state index contributed by atoms with van der Waals surface area (Å²) in [6, 6.07) is 8.41. The van der Waals surface area contributed by atoms with E-state index in [0.29, 0.717) is 6.42 Å². The van der Waals surface area contributed by atoms with Gasteiger partial charge in [-0.2, -0.15) is 0 Å². The van der Waals surface area contributed by atoms with Crippen molar-refractivity contribution in [2.45, 2.75) is 23.9 Å². The van der Waals surface area contributed by atoms with Crippen LogP contribution in [-0.2, 0) is 6.54 Å². The van der Waals surface area contributed by atoms with Crippen LogP contribution in [0.2, 0.25) is 5.02 Å². The molecule has 0 radical (unpaired) electrons. The van der Waals surface area contributed by atoms with Crippen molar-refractivity contribution in [3.63, 3.8) is 0 Å². The number of thioether (sulfide) groups is 1. The first-order valence-corrected chi connectivity index (χ1v) is 9.19. The second kappa shape index (κ2) is 7.62. The van der Waals surface area contributed by atoms with Gasteiger partial charge in [0.25, 0.3) is 0 Å². The number of hydrogen-bond acceptors (Lipinski definition) is 2. The fourth-order valence-electron chi connectivity index (χ4n) is 2.77. The maximum Gasteiger partial charge on any atom is 0.317 e. The molecule has 0 saturated carbocycles. The highest BCUT2D eigenvalue weighted by Gasteiger charge is 2.24. The Kier molecular flexibility index (Phi) is 5.49. The number of benzene rings is 2. The number of carbonyl (C=O) groups excluding carboxylic acids is 1. The second-order valence-corrected chi connectivity index (χ2v) is 7.42. The molecular weight excluding hydrogens is 366 g/mol. The lowest BCUT2D eigenvalue weighted by molar-refractivity contribution is 0.201. The van der Waals surface area contributed by atoms with Gasteiger partial charge in [0.05, 0.1) is 12.6 Å². The number of hydrogen-bond donors (Lipinski definition) is 1. The summed E-state index contributed by atoms with van der Waals surface area (Å²) in [7, 11) is 1.57. The zero-order valence-corrected chi connectivity index (χ0v) is 15.1. The molecule has 0 aliphatic carbocycles. The number of halogens is 3. The Morgan fingerprint density at radius 1 is 1.36 bits per heavy atom. The molecule has 1 heterocycles. The Morgan fingerprint density at radius 3 is 2.92 bits per heavy atom. The molecule has 7 heteroatoms. The summed E-state index contributed by atoms with van der Waals surface area (Å²) in [5, 5.41) is 3.18. The summed E-state index contributed by atoms with van der Waals surface area (Å²) in [4.78, 5) is 14.8. The number of rotatable bonds is 3. The first-order chi connectivity index (χ1) is 12.0. The third-order valence-electron chi connectivity index (χ3n) is 4.11. The summed E-state index contributed by atoms with van der Waals surface area (Å²) in [5.74, 6) is 0.0625. The van der Waals surface area contributed by atoms with E-state index in [0.717, 1.165) is 16.2 Å². The molecule has 1 aliphatic rings. The summed E-state index contributed by atoms with van der Waals surface area (Å²) >= 11 is 7.66. The average Bonchev–Trinajstić information content (AvgIpc) is 2.58. The first-order valence-electron chi connectivity index (χ1n) is 7.82. The molecule has 0 spiro atoms. The molecule has 25 heavy (non-hydrogen) atoms. The largest absolute Gasteiger partial charge is 0.331 e. The van der Waals surface area contributed by atoms with Gasteiger partial charge in [0, 0.05) is 28.3 Å². The van der Waals surface area contributed by atoms with E-state index in [2.05, 4.69) is 5.32 Å². The van der Waals surface area contributed by atoms with Gasteiger partial charge in [-0.1, -0.05) is 17.7 Å². The van der Waals surface area contributed by atoms with Gasteiger partial charge in [-0.3, -0.25) is 0 Å². The van der Waals surface area contributed by atoms with E-state index in [-0.39, 0.29) is 35.0 Å². The molecule has 132 valence electrons. The Hall–Kier alpha value is -1.79. The van der Waals surface area contributed by atoms with E-state index in [1.54, 1.807) is 30.9 Å². The predicted octanol–water partition coefficient (Wildman–Crippen LogP) is 5.00. The number of amides is 2. The molecule has 0 saturated heterocycles. The smallest absolute Gasteiger partial charge is 0.317 e. The van der Waals surface area contributed by atoms with Crippen LogP contribution in [-0.4, -0.2) is 23.7 Å². The van der Waals surface area contributed by atoms with Crippen LogP contribution in [0.15, 0.2) is 41.3 Å². The first kappa shape index (κ1) is 18.0. The molecule has 1 N–H and O–H groups in total. The zero-order chi connectivity index (χ0) is 18.0. The van der Waals surface area contributed by atoms with Crippen LogP contribution in [0.4, 0.5) is 13.6 Å². The molecule has 2 aromatic carbocycles. The van der Waals surface area contributed by atoms with Gasteiger partial charge in [-0.15, -0.1) is 11.8 Å². The Bertz CT molecular complexity index is 782. The lowest BCUT2D eigenvalue weighted by atomic mass is 10.0. The van der Waals surface area contributed by atoms with E-state index in [1.807, 2.05) is 0 Å². The van der Waals surface area contributed by atoms with E-state index in [1.165, 1.54) is 29.2 Å². The minimum absolute atomic E-state index is 0.0504. The summed E-state index contributed by atoms with van der Waals surface area (Å²) in [5.41, 5.74) is 1.05. The Balaban J connectivity index is 1.72. The fourth-order valence-corrected chi connectivity index (χ4v) is 4.10. The highest BCUT2D eigenvalue weighted by molar-refractivity contribution is 7.99. The summed E-state index contributed by atoms with van der Waals surface area (Å²) < 4.78 is 27.4. The van der Waals surface area contributed by atoms with Crippen LogP contribution in [0.5, 0.6) is 0 Å². The van der Waals surface area contributed by atoms with Crippen molar-refractivity contribution in [1.82, 2.24) is 10.2 Å². The van der Waals surface area contributed by atoms with Gasteiger partial charge < -0.3 is 10.2 Å². The number of nitrogens with one attached hydrogen (secondary N) is 1. The van der Waals surface area contributed by atoms with Crippen molar-refractivity contribution in [2.75, 3.05) is 12.8 Å². The van der Waals surface area contributed by atoms with Crippen LogP contribution < -0.4 is 5.32 Å². The lowest BCUT2D eigenvalue weighted by Crippen LogP contribution is -2.40. The van der Waals surface area contributed by atoms with Gasteiger partial charge in [0.15, 0.2) is 0 Å². The monoisotopic (exact) mass is 382 g/mol. The SMILES string of the molecule is CN(Cc1c(F)cccc1Cl)C(=O)NC1CCSc2ccc(F)cc21. The minimum Gasteiger partial charge on any atom is -0.331 e. The lowest BCUT2D eigenvalue weighted by Gasteiger charge is -2.28. The topological polar surface area (TPSA) is 32.3 Å². The minimum atomic E-state index is -0.450. The molecule has 3 nitrogen and oxygen atoms in total. The van der Waals surface area contributed by atoms with Crippen molar-refractivity contribution in [1.29, 1.82) is 0 Å². The Morgan fingerprint density at radius 2 is 2.16 bits per heavy atom. The molecule has 0 fully saturated rings. The second-order valence-electron chi connectivity index (χ2n) is 5.88. The molecule has 1 atom stereocenters. The van der Waals surface area contributed by atoms with E-state index in [4.69, 9.17) is 11.6 Å². The van der Waals surface area contributed by atoms with Crippen LogP contribution in [0.1, 0.15) is 23.6 Å².